The number of ketones is 1. The van der Waals surface area contributed by atoms with Crippen molar-refractivity contribution in [3.05, 3.63) is 69.2 Å². The van der Waals surface area contributed by atoms with E-state index in [4.69, 9.17) is 11.6 Å². The molecule has 0 heterocycles. The van der Waals surface area contributed by atoms with Gasteiger partial charge in [-0.1, -0.05) is 48.9 Å². The maximum Gasteiger partial charge on any atom is 0.294 e. The van der Waals surface area contributed by atoms with Crippen LogP contribution in [0.5, 0.6) is 0 Å². The highest BCUT2D eigenvalue weighted by atomic mass is 35.5. The summed E-state index contributed by atoms with van der Waals surface area (Å²) in [5.74, 6) is -1.42. The molecule has 0 fully saturated rings. The minimum atomic E-state index is -0.799. The smallest absolute Gasteiger partial charge is 0.294 e. The quantitative estimate of drug-likeness (QED) is 0.453. The monoisotopic (exact) mass is 346 g/mol. The molecular weight excluding hydrogens is 332 g/mol. The molecule has 24 heavy (non-hydrogen) atoms. The van der Waals surface area contributed by atoms with Crippen LogP contribution in [0, 0.1) is 10.1 Å². The second kappa shape index (κ2) is 7.70. The fraction of sp³-hybridized carbons (Fsp3) is 0.176. The highest BCUT2D eigenvalue weighted by Gasteiger charge is 2.28. The van der Waals surface area contributed by atoms with Gasteiger partial charge in [-0.25, -0.2) is 0 Å². The van der Waals surface area contributed by atoms with Crippen LogP contribution >= 0.6 is 11.6 Å². The van der Waals surface area contributed by atoms with Gasteiger partial charge < -0.3 is 0 Å². The van der Waals surface area contributed by atoms with Gasteiger partial charge in [0.1, 0.15) is 5.69 Å². The van der Waals surface area contributed by atoms with Crippen LogP contribution in [0.4, 0.5) is 11.4 Å². The van der Waals surface area contributed by atoms with Crippen molar-refractivity contribution in [3.63, 3.8) is 0 Å². The van der Waals surface area contributed by atoms with Gasteiger partial charge in [0.25, 0.3) is 11.6 Å². The van der Waals surface area contributed by atoms with E-state index in [9.17, 15) is 19.7 Å². The van der Waals surface area contributed by atoms with Gasteiger partial charge in [-0.3, -0.25) is 24.6 Å². The summed E-state index contributed by atoms with van der Waals surface area (Å²) >= 11 is 6.12. The topological polar surface area (TPSA) is 80.5 Å². The Balaban J connectivity index is 2.52. The first-order valence-corrected chi connectivity index (χ1v) is 7.65. The molecule has 2 rings (SSSR count). The van der Waals surface area contributed by atoms with Crippen LogP contribution in [0.1, 0.15) is 18.9 Å². The molecule has 0 aromatic heterocycles. The van der Waals surface area contributed by atoms with E-state index >= 15 is 0 Å². The SMILES string of the molecule is CCC(=O)C(=O)N(Cc1ccccc1Cl)c1ccccc1[N+](=O)[O-]. The molecule has 0 spiro atoms. The van der Waals surface area contributed by atoms with E-state index in [1.807, 2.05) is 0 Å². The lowest BCUT2D eigenvalue weighted by Gasteiger charge is -2.22. The number of Topliss-reactive ketones (excluding diaryl/α,β-unsaturated/α-hetero) is 1. The van der Waals surface area contributed by atoms with Crippen molar-refractivity contribution in [2.24, 2.45) is 0 Å². The Morgan fingerprint density at radius 2 is 1.75 bits per heavy atom. The van der Waals surface area contributed by atoms with E-state index in [-0.39, 0.29) is 24.3 Å². The van der Waals surface area contributed by atoms with E-state index in [0.29, 0.717) is 10.6 Å². The van der Waals surface area contributed by atoms with Crippen molar-refractivity contribution in [1.82, 2.24) is 0 Å². The average molecular weight is 347 g/mol. The van der Waals surface area contributed by atoms with Crippen LogP contribution < -0.4 is 4.90 Å². The Hall–Kier alpha value is -2.73. The number of nitrogens with zero attached hydrogens (tertiary/aromatic N) is 2. The summed E-state index contributed by atoms with van der Waals surface area (Å²) in [5, 5.41) is 11.7. The fourth-order valence-corrected chi connectivity index (χ4v) is 2.41. The van der Waals surface area contributed by atoms with Crippen molar-refractivity contribution in [2.45, 2.75) is 19.9 Å². The Morgan fingerprint density at radius 3 is 2.38 bits per heavy atom. The molecule has 1 amide bonds. The summed E-state index contributed by atoms with van der Waals surface area (Å²) in [7, 11) is 0. The minimum absolute atomic E-state index is 0.0124. The first-order chi connectivity index (χ1) is 11.5. The second-order valence-corrected chi connectivity index (χ2v) is 5.41. The number of hydrogen-bond acceptors (Lipinski definition) is 4. The zero-order valence-corrected chi connectivity index (χ0v) is 13.7. The third-order valence-electron chi connectivity index (χ3n) is 3.46. The molecule has 0 saturated carbocycles. The van der Waals surface area contributed by atoms with Crippen LogP contribution in [0.15, 0.2) is 48.5 Å². The Morgan fingerprint density at radius 1 is 1.12 bits per heavy atom. The number of carbonyl (C=O) groups excluding carboxylic acids is 2. The molecule has 0 saturated heterocycles. The molecule has 2 aromatic rings. The van der Waals surface area contributed by atoms with Crippen molar-refractivity contribution < 1.29 is 14.5 Å². The number of anilines is 1. The van der Waals surface area contributed by atoms with Crippen molar-refractivity contribution in [3.8, 4) is 0 Å². The number of benzene rings is 2. The molecule has 7 heteroatoms. The van der Waals surface area contributed by atoms with Crippen LogP contribution in [0.3, 0.4) is 0 Å². The lowest BCUT2D eigenvalue weighted by atomic mass is 10.1. The standard InChI is InChI=1S/C17H15ClN2O4/c1-2-16(21)17(22)19(11-12-7-3-4-8-13(12)18)14-9-5-6-10-15(14)20(23)24/h3-10H,2,11H2,1H3. The molecule has 0 aliphatic rings. The number of rotatable bonds is 6. The van der Waals surface area contributed by atoms with Gasteiger partial charge >= 0.3 is 0 Å². The maximum atomic E-state index is 12.5. The summed E-state index contributed by atoms with van der Waals surface area (Å²) < 4.78 is 0. The minimum Gasteiger partial charge on any atom is -0.295 e. The third kappa shape index (κ3) is 3.78. The van der Waals surface area contributed by atoms with E-state index in [1.54, 1.807) is 37.3 Å². The molecule has 0 radical (unpaired) electrons. The van der Waals surface area contributed by atoms with Crippen molar-refractivity contribution in [1.29, 1.82) is 0 Å². The van der Waals surface area contributed by atoms with Gasteiger partial charge in [0.15, 0.2) is 0 Å². The number of nitro groups is 1. The molecular formula is C17H15ClN2O4. The van der Waals surface area contributed by atoms with Crippen molar-refractivity contribution in [2.75, 3.05) is 4.90 Å². The van der Waals surface area contributed by atoms with Crippen LogP contribution in [-0.2, 0) is 16.1 Å². The number of amides is 1. The summed E-state index contributed by atoms with van der Waals surface area (Å²) in [6.45, 7) is 1.53. The zero-order chi connectivity index (χ0) is 17.7. The van der Waals surface area contributed by atoms with E-state index in [1.165, 1.54) is 18.2 Å². The zero-order valence-electron chi connectivity index (χ0n) is 12.9. The van der Waals surface area contributed by atoms with E-state index < -0.39 is 16.6 Å². The maximum absolute atomic E-state index is 12.5. The van der Waals surface area contributed by atoms with Gasteiger partial charge in [-0.2, -0.15) is 0 Å². The highest BCUT2D eigenvalue weighted by Crippen LogP contribution is 2.30. The number of hydrogen-bond donors (Lipinski definition) is 0. The van der Waals surface area contributed by atoms with Crippen LogP contribution in [0.2, 0.25) is 5.02 Å². The van der Waals surface area contributed by atoms with Gasteiger partial charge in [0.2, 0.25) is 5.78 Å². The first kappa shape index (κ1) is 17.6. The van der Waals surface area contributed by atoms with Gasteiger partial charge in [-0.15, -0.1) is 0 Å². The lowest BCUT2D eigenvalue weighted by molar-refractivity contribution is -0.384. The van der Waals surface area contributed by atoms with Gasteiger partial charge in [0.05, 0.1) is 11.5 Å². The van der Waals surface area contributed by atoms with E-state index in [0.717, 1.165) is 4.90 Å². The van der Waals surface area contributed by atoms with Gasteiger partial charge in [0, 0.05) is 17.5 Å². The average Bonchev–Trinajstić information content (AvgIpc) is 2.59. The van der Waals surface area contributed by atoms with Crippen LogP contribution in [0.25, 0.3) is 0 Å². The summed E-state index contributed by atoms with van der Waals surface area (Å²) in [6.07, 6.45) is 0.0124. The number of nitro benzene ring substituents is 1. The number of halogens is 1. The molecule has 0 bridgehead atoms. The lowest BCUT2D eigenvalue weighted by Crippen LogP contribution is -2.36. The number of para-hydroxylation sites is 2. The summed E-state index contributed by atoms with van der Waals surface area (Å²) in [6, 6.07) is 12.6. The second-order valence-electron chi connectivity index (χ2n) is 5.01. The van der Waals surface area contributed by atoms with Crippen molar-refractivity contribution >= 4 is 34.7 Å². The predicted molar refractivity (Wildman–Crippen MR) is 91.0 cm³/mol. The Bertz CT molecular complexity index is 792. The normalized spacial score (nSPS) is 10.2. The number of carbonyl (C=O) groups is 2. The molecule has 0 N–H and O–H groups in total. The summed E-state index contributed by atoms with van der Waals surface area (Å²) in [4.78, 5) is 36.1. The van der Waals surface area contributed by atoms with E-state index in [2.05, 4.69) is 0 Å². The largest absolute Gasteiger partial charge is 0.295 e. The molecule has 2 aromatic carbocycles. The predicted octanol–water partition coefficient (Wildman–Crippen LogP) is 3.76. The molecule has 0 atom stereocenters. The summed E-state index contributed by atoms with van der Waals surface area (Å²) in [5.41, 5.74) is 0.408. The fourth-order valence-electron chi connectivity index (χ4n) is 2.21. The molecule has 0 aliphatic heterocycles. The Kier molecular flexibility index (Phi) is 5.65. The highest BCUT2D eigenvalue weighted by molar-refractivity contribution is 6.41. The third-order valence-corrected chi connectivity index (χ3v) is 3.83. The Labute approximate surface area is 143 Å². The van der Waals surface area contributed by atoms with Gasteiger partial charge in [-0.05, 0) is 17.7 Å². The molecule has 124 valence electrons. The first-order valence-electron chi connectivity index (χ1n) is 7.27. The molecule has 0 unspecified atom stereocenters. The molecule has 0 aliphatic carbocycles. The van der Waals surface area contributed by atoms with Crippen LogP contribution in [-0.4, -0.2) is 16.6 Å². The molecule has 6 nitrogen and oxygen atoms in total.